The van der Waals surface area contributed by atoms with E-state index in [-0.39, 0.29) is 5.91 Å². The minimum atomic E-state index is -0.292. The first-order chi connectivity index (χ1) is 17.7. The first kappa shape index (κ1) is 23.0. The van der Waals surface area contributed by atoms with Crippen molar-refractivity contribution >= 4 is 23.0 Å². The van der Waals surface area contributed by atoms with E-state index < -0.39 is 0 Å². The van der Waals surface area contributed by atoms with E-state index in [0.717, 1.165) is 39.0 Å². The van der Waals surface area contributed by atoms with Crippen LogP contribution in [0.5, 0.6) is 5.75 Å². The second kappa shape index (κ2) is 10.7. The summed E-state index contributed by atoms with van der Waals surface area (Å²) in [7, 11) is 0. The van der Waals surface area contributed by atoms with Crippen molar-refractivity contribution in [2.45, 2.75) is 13.5 Å². The fraction of sp³-hybridized carbons (Fsp3) is 0.0645. The molecule has 0 aliphatic heterocycles. The third kappa shape index (κ3) is 5.47. The zero-order valence-corrected chi connectivity index (χ0v) is 19.9. The molecule has 0 unspecified atom stereocenters. The quantitative estimate of drug-likeness (QED) is 0.216. The van der Waals surface area contributed by atoms with Crippen LogP contribution in [0.3, 0.4) is 0 Å². The second-order valence-corrected chi connectivity index (χ2v) is 8.48. The Kier molecular flexibility index (Phi) is 6.81. The van der Waals surface area contributed by atoms with E-state index in [9.17, 15) is 4.79 Å². The van der Waals surface area contributed by atoms with Gasteiger partial charge in [0.25, 0.3) is 5.91 Å². The lowest BCUT2D eigenvalue weighted by atomic mass is 10.0. The first-order valence-corrected chi connectivity index (χ1v) is 11.7. The predicted octanol–water partition coefficient (Wildman–Crippen LogP) is 6.55. The number of nitrogens with one attached hydrogen (secondary N) is 1. The molecule has 1 aromatic heterocycles. The van der Waals surface area contributed by atoms with Gasteiger partial charge in [-0.3, -0.25) is 4.79 Å². The number of hydrogen-bond donors (Lipinski definition) is 1. The molecule has 0 aliphatic carbocycles. The minimum absolute atomic E-state index is 0.292. The van der Waals surface area contributed by atoms with Crippen LogP contribution in [0.4, 0.5) is 0 Å². The predicted molar refractivity (Wildman–Crippen MR) is 144 cm³/mol. The molecular formula is C31H25N3O2. The molecule has 1 N–H and O–H groups in total. The van der Waals surface area contributed by atoms with Gasteiger partial charge in [0.15, 0.2) is 0 Å². The number of hydrogen-bond acceptors (Lipinski definition) is 4. The van der Waals surface area contributed by atoms with Crippen molar-refractivity contribution in [2.24, 2.45) is 5.10 Å². The summed E-state index contributed by atoms with van der Waals surface area (Å²) in [5.41, 5.74) is 8.82. The Hall–Kier alpha value is -4.77. The minimum Gasteiger partial charge on any atom is -0.489 e. The van der Waals surface area contributed by atoms with E-state index in [2.05, 4.69) is 29.6 Å². The Balaban J connectivity index is 1.27. The molecule has 0 saturated carbocycles. The summed E-state index contributed by atoms with van der Waals surface area (Å²) in [5, 5.41) is 4.95. The van der Waals surface area contributed by atoms with Crippen molar-refractivity contribution in [3.8, 4) is 17.0 Å². The average molecular weight is 472 g/mol. The standard InChI is InChI=1S/C31H25N3O2/c1-22-8-7-9-24(18-22)21-36-26-16-14-23(15-17-26)20-32-34-31(35)28-19-30(25-10-3-2-4-11-25)33-29-13-6-5-12-27(28)29/h2-20H,21H2,1H3,(H,34,35)/b32-20+. The molecule has 0 bridgehead atoms. The fourth-order valence-corrected chi connectivity index (χ4v) is 3.96. The largest absolute Gasteiger partial charge is 0.489 e. The molecule has 5 aromatic rings. The SMILES string of the molecule is Cc1cccc(COc2ccc(/C=N/NC(=O)c3cc(-c4ccccc4)nc4ccccc34)cc2)c1. The molecular weight excluding hydrogens is 446 g/mol. The Bertz CT molecular complexity index is 1530. The molecule has 0 aliphatic rings. The number of aryl methyl sites for hydroxylation is 1. The van der Waals surface area contributed by atoms with Crippen molar-refractivity contribution in [3.63, 3.8) is 0 Å². The molecule has 5 heteroatoms. The highest BCUT2D eigenvalue weighted by Crippen LogP contribution is 2.24. The number of amides is 1. The summed E-state index contributed by atoms with van der Waals surface area (Å²) >= 11 is 0. The first-order valence-electron chi connectivity index (χ1n) is 11.7. The Morgan fingerprint density at radius 1 is 0.889 bits per heavy atom. The number of pyridine rings is 1. The van der Waals surface area contributed by atoms with Gasteiger partial charge in [0.05, 0.1) is 23.0 Å². The van der Waals surface area contributed by atoms with Crippen molar-refractivity contribution in [1.82, 2.24) is 10.4 Å². The van der Waals surface area contributed by atoms with E-state index in [1.165, 1.54) is 5.56 Å². The highest BCUT2D eigenvalue weighted by atomic mass is 16.5. The van der Waals surface area contributed by atoms with Gasteiger partial charge in [0.1, 0.15) is 12.4 Å². The highest BCUT2D eigenvalue weighted by Gasteiger charge is 2.13. The van der Waals surface area contributed by atoms with Crippen molar-refractivity contribution in [1.29, 1.82) is 0 Å². The number of para-hydroxylation sites is 1. The number of fused-ring (bicyclic) bond motifs is 1. The molecule has 0 spiro atoms. The van der Waals surface area contributed by atoms with Crippen LogP contribution in [0.15, 0.2) is 114 Å². The van der Waals surface area contributed by atoms with Gasteiger partial charge < -0.3 is 4.74 Å². The zero-order valence-electron chi connectivity index (χ0n) is 19.9. The van der Waals surface area contributed by atoms with E-state index in [1.807, 2.05) is 97.1 Å². The van der Waals surface area contributed by atoms with Crippen LogP contribution in [0.1, 0.15) is 27.0 Å². The summed E-state index contributed by atoms with van der Waals surface area (Å²) in [4.78, 5) is 17.8. The molecule has 0 saturated heterocycles. The highest BCUT2D eigenvalue weighted by molar-refractivity contribution is 6.07. The zero-order chi connectivity index (χ0) is 24.7. The summed E-state index contributed by atoms with van der Waals surface area (Å²) in [5.74, 6) is 0.481. The lowest BCUT2D eigenvalue weighted by Gasteiger charge is -2.09. The second-order valence-electron chi connectivity index (χ2n) is 8.48. The maximum atomic E-state index is 13.1. The van der Waals surface area contributed by atoms with Crippen LogP contribution in [-0.4, -0.2) is 17.1 Å². The molecule has 176 valence electrons. The Morgan fingerprint density at radius 3 is 2.47 bits per heavy atom. The third-order valence-corrected chi connectivity index (χ3v) is 5.78. The van der Waals surface area contributed by atoms with Gasteiger partial charge in [-0.05, 0) is 54.4 Å². The molecule has 36 heavy (non-hydrogen) atoms. The van der Waals surface area contributed by atoms with Crippen LogP contribution >= 0.6 is 0 Å². The Morgan fingerprint density at radius 2 is 1.67 bits per heavy atom. The number of aromatic nitrogens is 1. The number of rotatable bonds is 7. The smallest absolute Gasteiger partial charge is 0.272 e. The normalized spacial score (nSPS) is 11.0. The number of hydrazone groups is 1. The van der Waals surface area contributed by atoms with Crippen LogP contribution in [0, 0.1) is 6.92 Å². The molecule has 1 heterocycles. The molecule has 0 fully saturated rings. The Labute approximate surface area is 210 Å². The van der Waals surface area contributed by atoms with Gasteiger partial charge in [0, 0.05) is 10.9 Å². The van der Waals surface area contributed by atoms with E-state index >= 15 is 0 Å². The fourth-order valence-electron chi connectivity index (χ4n) is 3.96. The van der Waals surface area contributed by atoms with Crippen LogP contribution < -0.4 is 10.2 Å². The molecule has 5 rings (SSSR count). The number of carbonyl (C=O) groups is 1. The number of carbonyl (C=O) groups excluding carboxylic acids is 1. The van der Waals surface area contributed by atoms with Gasteiger partial charge in [-0.1, -0.05) is 78.4 Å². The van der Waals surface area contributed by atoms with Crippen LogP contribution in [0.2, 0.25) is 0 Å². The van der Waals surface area contributed by atoms with Gasteiger partial charge in [0.2, 0.25) is 0 Å². The lowest BCUT2D eigenvalue weighted by molar-refractivity contribution is 0.0956. The molecule has 5 nitrogen and oxygen atoms in total. The lowest BCUT2D eigenvalue weighted by Crippen LogP contribution is -2.18. The van der Waals surface area contributed by atoms with E-state index in [1.54, 1.807) is 6.21 Å². The summed E-state index contributed by atoms with van der Waals surface area (Å²) in [6.07, 6.45) is 1.61. The maximum absolute atomic E-state index is 13.1. The van der Waals surface area contributed by atoms with Gasteiger partial charge in [-0.15, -0.1) is 0 Å². The molecule has 1 amide bonds. The van der Waals surface area contributed by atoms with Gasteiger partial charge in [-0.2, -0.15) is 5.10 Å². The topological polar surface area (TPSA) is 63.6 Å². The maximum Gasteiger partial charge on any atom is 0.272 e. The van der Waals surface area contributed by atoms with Crippen molar-refractivity contribution in [2.75, 3.05) is 0 Å². The summed E-state index contributed by atoms with van der Waals surface area (Å²) in [6, 6.07) is 35.1. The monoisotopic (exact) mass is 471 g/mol. The van der Waals surface area contributed by atoms with Crippen LogP contribution in [0.25, 0.3) is 22.2 Å². The van der Waals surface area contributed by atoms with Crippen molar-refractivity contribution < 1.29 is 9.53 Å². The van der Waals surface area contributed by atoms with Gasteiger partial charge in [-0.25, -0.2) is 10.4 Å². The van der Waals surface area contributed by atoms with Crippen LogP contribution in [-0.2, 0) is 6.61 Å². The third-order valence-electron chi connectivity index (χ3n) is 5.78. The number of nitrogens with zero attached hydrogens (tertiary/aromatic N) is 2. The number of ether oxygens (including phenoxy) is 1. The molecule has 0 radical (unpaired) electrons. The summed E-state index contributed by atoms with van der Waals surface area (Å²) in [6.45, 7) is 2.58. The molecule has 0 atom stereocenters. The average Bonchev–Trinajstić information content (AvgIpc) is 2.92. The molecule has 4 aromatic carbocycles. The number of benzene rings is 4. The van der Waals surface area contributed by atoms with E-state index in [4.69, 9.17) is 9.72 Å². The van der Waals surface area contributed by atoms with E-state index in [0.29, 0.717) is 12.2 Å². The summed E-state index contributed by atoms with van der Waals surface area (Å²) < 4.78 is 5.87. The van der Waals surface area contributed by atoms with Crippen molar-refractivity contribution in [3.05, 3.63) is 131 Å². The van der Waals surface area contributed by atoms with Gasteiger partial charge >= 0.3 is 0 Å².